The van der Waals surface area contributed by atoms with Crippen molar-refractivity contribution in [2.45, 2.75) is 13.5 Å². The van der Waals surface area contributed by atoms with Gasteiger partial charge in [-0.3, -0.25) is 14.9 Å². The Kier molecular flexibility index (Phi) is 3.15. The predicted molar refractivity (Wildman–Crippen MR) is 63.4 cm³/mol. The van der Waals surface area contributed by atoms with Crippen LogP contribution in [0, 0.1) is 6.92 Å². The average molecular weight is 231 g/mol. The summed E-state index contributed by atoms with van der Waals surface area (Å²) in [6, 6.07) is 3.42. The number of aromatic nitrogens is 3. The van der Waals surface area contributed by atoms with E-state index in [2.05, 4.69) is 20.5 Å². The van der Waals surface area contributed by atoms with Gasteiger partial charge in [-0.1, -0.05) is 6.07 Å². The van der Waals surface area contributed by atoms with E-state index in [9.17, 15) is 4.79 Å². The highest BCUT2D eigenvalue weighted by atomic mass is 16.1. The van der Waals surface area contributed by atoms with Crippen molar-refractivity contribution in [2.75, 3.05) is 5.32 Å². The Balaban J connectivity index is 2.12. The molecule has 4 N–H and O–H groups in total. The van der Waals surface area contributed by atoms with Crippen LogP contribution in [-0.2, 0) is 6.54 Å². The maximum Gasteiger partial charge on any atom is 0.275 e. The van der Waals surface area contributed by atoms with Crippen LogP contribution in [-0.4, -0.2) is 21.1 Å². The molecule has 0 aliphatic heterocycles. The molecule has 0 saturated carbocycles. The molecule has 0 spiro atoms. The van der Waals surface area contributed by atoms with Crippen LogP contribution in [0.5, 0.6) is 0 Å². The molecule has 0 saturated heterocycles. The molecule has 17 heavy (non-hydrogen) atoms. The molecule has 0 unspecified atom stereocenters. The van der Waals surface area contributed by atoms with Gasteiger partial charge in [-0.05, 0) is 18.6 Å². The minimum absolute atomic E-state index is 0.277. The van der Waals surface area contributed by atoms with Crippen molar-refractivity contribution in [3.8, 4) is 0 Å². The van der Waals surface area contributed by atoms with Crippen LogP contribution in [0.4, 0.5) is 5.82 Å². The summed E-state index contributed by atoms with van der Waals surface area (Å²) in [6.07, 6.45) is 3.23. The van der Waals surface area contributed by atoms with Gasteiger partial charge in [0.2, 0.25) is 0 Å². The van der Waals surface area contributed by atoms with E-state index in [0.29, 0.717) is 18.1 Å². The lowest BCUT2D eigenvalue weighted by Gasteiger charge is -2.03. The third-order valence-electron chi connectivity index (χ3n) is 2.36. The standard InChI is InChI=1S/C11H13N5O/c1-7-5-14-16-10(7)15-11(17)9-3-2-8(4-12)6-13-9/h2-3,5-6H,4,12H2,1H3,(H2,14,15,16,17). The zero-order chi connectivity index (χ0) is 12.3. The highest BCUT2D eigenvalue weighted by Gasteiger charge is 2.09. The minimum atomic E-state index is -0.277. The number of nitrogens with zero attached hydrogens (tertiary/aromatic N) is 2. The summed E-state index contributed by atoms with van der Waals surface area (Å²) in [6.45, 7) is 2.26. The molecular weight excluding hydrogens is 218 g/mol. The van der Waals surface area contributed by atoms with Gasteiger partial charge in [0.25, 0.3) is 5.91 Å². The van der Waals surface area contributed by atoms with Crippen molar-refractivity contribution in [3.63, 3.8) is 0 Å². The first-order valence-corrected chi connectivity index (χ1v) is 5.17. The molecule has 0 atom stereocenters. The zero-order valence-corrected chi connectivity index (χ0v) is 9.40. The van der Waals surface area contributed by atoms with Crippen molar-refractivity contribution < 1.29 is 4.79 Å². The van der Waals surface area contributed by atoms with Gasteiger partial charge in [0.15, 0.2) is 0 Å². The fraction of sp³-hybridized carbons (Fsp3) is 0.182. The number of hydrogen-bond donors (Lipinski definition) is 3. The average Bonchev–Trinajstić information content (AvgIpc) is 2.75. The lowest BCUT2D eigenvalue weighted by molar-refractivity contribution is 0.102. The molecule has 2 heterocycles. The Hall–Kier alpha value is -2.21. The molecular formula is C11H13N5O. The molecule has 0 radical (unpaired) electrons. The smallest absolute Gasteiger partial charge is 0.275 e. The third-order valence-corrected chi connectivity index (χ3v) is 2.36. The summed E-state index contributed by atoms with van der Waals surface area (Å²) in [5.74, 6) is 0.306. The Bertz CT molecular complexity index is 517. The normalized spacial score (nSPS) is 10.2. The summed E-state index contributed by atoms with van der Waals surface area (Å²) >= 11 is 0. The first-order valence-electron chi connectivity index (χ1n) is 5.17. The van der Waals surface area contributed by atoms with Gasteiger partial charge in [-0.15, -0.1) is 0 Å². The number of carbonyl (C=O) groups is 1. The quantitative estimate of drug-likeness (QED) is 0.728. The van der Waals surface area contributed by atoms with Gasteiger partial charge in [0, 0.05) is 18.3 Å². The van der Waals surface area contributed by atoms with Crippen molar-refractivity contribution in [1.82, 2.24) is 15.2 Å². The second-order valence-corrected chi connectivity index (χ2v) is 3.64. The number of hydrogen-bond acceptors (Lipinski definition) is 4. The molecule has 0 aromatic carbocycles. The van der Waals surface area contributed by atoms with Crippen LogP contribution in [0.25, 0.3) is 0 Å². The van der Waals surface area contributed by atoms with Crippen LogP contribution >= 0.6 is 0 Å². The van der Waals surface area contributed by atoms with Crippen LogP contribution in [0.1, 0.15) is 21.6 Å². The molecule has 0 bridgehead atoms. The number of nitrogens with one attached hydrogen (secondary N) is 2. The third kappa shape index (κ3) is 2.48. The van der Waals surface area contributed by atoms with Gasteiger partial charge < -0.3 is 11.1 Å². The maximum atomic E-state index is 11.8. The number of rotatable bonds is 3. The highest BCUT2D eigenvalue weighted by molar-refractivity contribution is 6.02. The number of H-pyrrole nitrogens is 1. The molecule has 0 aliphatic rings. The van der Waals surface area contributed by atoms with E-state index in [1.54, 1.807) is 24.5 Å². The Morgan fingerprint density at radius 1 is 1.47 bits per heavy atom. The number of nitrogens with two attached hydrogens (primary N) is 1. The van der Waals surface area contributed by atoms with Crippen LogP contribution in [0.15, 0.2) is 24.5 Å². The molecule has 1 amide bonds. The number of aromatic amines is 1. The summed E-state index contributed by atoms with van der Waals surface area (Å²) in [4.78, 5) is 15.8. The van der Waals surface area contributed by atoms with Gasteiger partial charge in [0.05, 0.1) is 6.20 Å². The Morgan fingerprint density at radius 3 is 2.82 bits per heavy atom. The van der Waals surface area contributed by atoms with Gasteiger partial charge >= 0.3 is 0 Å². The van der Waals surface area contributed by atoms with E-state index in [1.807, 2.05) is 6.92 Å². The maximum absolute atomic E-state index is 11.8. The molecule has 2 rings (SSSR count). The fourth-order valence-electron chi connectivity index (χ4n) is 1.33. The minimum Gasteiger partial charge on any atom is -0.326 e. The van der Waals surface area contributed by atoms with Crippen molar-refractivity contribution >= 4 is 11.7 Å². The summed E-state index contributed by atoms with van der Waals surface area (Å²) in [7, 11) is 0. The second kappa shape index (κ2) is 4.75. The SMILES string of the molecule is Cc1cn[nH]c1NC(=O)c1ccc(CN)cn1. The van der Waals surface area contributed by atoms with Crippen LogP contribution < -0.4 is 11.1 Å². The lowest BCUT2D eigenvalue weighted by Crippen LogP contribution is -2.14. The molecule has 2 aromatic heterocycles. The van der Waals surface area contributed by atoms with E-state index in [1.165, 1.54) is 0 Å². The number of carbonyl (C=O) groups excluding carboxylic acids is 1. The fourth-order valence-corrected chi connectivity index (χ4v) is 1.33. The first kappa shape index (κ1) is 11.3. The Morgan fingerprint density at radius 2 is 2.29 bits per heavy atom. The summed E-state index contributed by atoms with van der Waals surface area (Å²) < 4.78 is 0. The largest absolute Gasteiger partial charge is 0.326 e. The predicted octanol–water partition coefficient (Wildman–Crippen LogP) is 0.824. The van der Waals surface area contributed by atoms with Crippen LogP contribution in [0.2, 0.25) is 0 Å². The van der Waals surface area contributed by atoms with E-state index in [0.717, 1.165) is 11.1 Å². The molecule has 2 aromatic rings. The first-order chi connectivity index (χ1) is 8.20. The highest BCUT2D eigenvalue weighted by Crippen LogP contribution is 2.10. The van der Waals surface area contributed by atoms with Gasteiger partial charge in [0.1, 0.15) is 11.5 Å². The van der Waals surface area contributed by atoms with Crippen molar-refractivity contribution in [2.24, 2.45) is 5.73 Å². The number of aryl methyl sites for hydroxylation is 1. The van der Waals surface area contributed by atoms with Crippen molar-refractivity contribution in [1.29, 1.82) is 0 Å². The number of anilines is 1. The molecule has 6 nitrogen and oxygen atoms in total. The van der Waals surface area contributed by atoms with E-state index in [-0.39, 0.29) is 5.91 Å². The topological polar surface area (TPSA) is 96.7 Å². The molecule has 6 heteroatoms. The molecule has 0 aliphatic carbocycles. The Labute approximate surface area is 98.3 Å². The number of amides is 1. The zero-order valence-electron chi connectivity index (χ0n) is 9.40. The van der Waals surface area contributed by atoms with E-state index in [4.69, 9.17) is 5.73 Å². The summed E-state index contributed by atoms with van der Waals surface area (Å²) in [5.41, 5.74) is 7.56. The van der Waals surface area contributed by atoms with Crippen molar-refractivity contribution in [3.05, 3.63) is 41.3 Å². The van der Waals surface area contributed by atoms with E-state index >= 15 is 0 Å². The van der Waals surface area contributed by atoms with Gasteiger partial charge in [-0.2, -0.15) is 5.10 Å². The second-order valence-electron chi connectivity index (χ2n) is 3.64. The van der Waals surface area contributed by atoms with Crippen LogP contribution in [0.3, 0.4) is 0 Å². The van der Waals surface area contributed by atoms with Gasteiger partial charge in [-0.25, -0.2) is 0 Å². The summed E-state index contributed by atoms with van der Waals surface area (Å²) in [5, 5.41) is 9.21. The monoisotopic (exact) mass is 231 g/mol. The number of pyridine rings is 1. The molecule has 88 valence electrons. The lowest BCUT2D eigenvalue weighted by atomic mass is 10.2. The van der Waals surface area contributed by atoms with E-state index < -0.39 is 0 Å². The molecule has 0 fully saturated rings.